The number of carbonyl (C=O) groups excluding carboxylic acids is 1. The van der Waals surface area contributed by atoms with Gasteiger partial charge in [0.2, 0.25) is 0 Å². The van der Waals surface area contributed by atoms with Crippen LogP contribution in [0, 0.1) is 4.91 Å². The van der Waals surface area contributed by atoms with Gasteiger partial charge in [0.25, 0.3) is 0 Å². The predicted octanol–water partition coefficient (Wildman–Crippen LogP) is 0.872. The van der Waals surface area contributed by atoms with E-state index in [-0.39, 0.29) is 13.2 Å². The summed E-state index contributed by atoms with van der Waals surface area (Å²) in [4.78, 5) is 19.8. The minimum atomic E-state index is -0.467. The molecule has 10 heavy (non-hydrogen) atoms. The van der Waals surface area contributed by atoms with E-state index in [1.165, 1.54) is 0 Å². The Kier molecular flexibility index (Phi) is 5.23. The van der Waals surface area contributed by atoms with Crippen molar-refractivity contribution in [3.05, 3.63) is 17.6 Å². The van der Waals surface area contributed by atoms with Crippen molar-refractivity contribution in [1.29, 1.82) is 0 Å². The lowest BCUT2D eigenvalue weighted by Gasteiger charge is -1.96. The fourth-order valence-corrected chi connectivity index (χ4v) is 0.361. The average Bonchev–Trinajstić information content (AvgIpc) is 1.98. The summed E-state index contributed by atoms with van der Waals surface area (Å²) in [5.41, 5.74) is 0. The number of esters is 1. The quantitative estimate of drug-likeness (QED) is 0.248. The van der Waals surface area contributed by atoms with Crippen LogP contribution >= 0.6 is 0 Å². The van der Waals surface area contributed by atoms with Crippen molar-refractivity contribution in [2.45, 2.75) is 6.42 Å². The zero-order chi connectivity index (χ0) is 7.82. The smallest absolute Gasteiger partial charge is 0.330 e. The van der Waals surface area contributed by atoms with Crippen molar-refractivity contribution in [2.75, 3.05) is 13.2 Å². The second-order valence-electron chi connectivity index (χ2n) is 1.58. The lowest BCUT2D eigenvalue weighted by atomic mass is 10.5. The molecule has 4 nitrogen and oxygen atoms in total. The molecule has 0 fully saturated rings. The number of ether oxygens (including phenoxy) is 1. The van der Waals surface area contributed by atoms with E-state index in [1.54, 1.807) is 0 Å². The highest BCUT2D eigenvalue weighted by Crippen LogP contribution is 1.84. The van der Waals surface area contributed by atoms with Gasteiger partial charge in [-0.05, 0) is 0 Å². The Morgan fingerprint density at radius 3 is 2.90 bits per heavy atom. The van der Waals surface area contributed by atoms with Gasteiger partial charge in [-0.1, -0.05) is 11.8 Å². The fourth-order valence-electron chi connectivity index (χ4n) is 0.361. The molecule has 0 aliphatic carbocycles. The van der Waals surface area contributed by atoms with Crippen LogP contribution in [-0.4, -0.2) is 19.1 Å². The minimum absolute atomic E-state index is 0.185. The second-order valence-corrected chi connectivity index (χ2v) is 1.58. The molecule has 0 atom stereocenters. The lowest BCUT2D eigenvalue weighted by molar-refractivity contribution is -0.137. The second kappa shape index (κ2) is 5.94. The van der Waals surface area contributed by atoms with Gasteiger partial charge in [-0.2, -0.15) is 4.91 Å². The van der Waals surface area contributed by atoms with Gasteiger partial charge in [0, 0.05) is 12.5 Å². The van der Waals surface area contributed by atoms with Crippen LogP contribution in [0.4, 0.5) is 0 Å². The van der Waals surface area contributed by atoms with Gasteiger partial charge in [-0.15, -0.1) is 0 Å². The first-order valence-electron chi connectivity index (χ1n) is 2.89. The van der Waals surface area contributed by atoms with Crippen LogP contribution in [0.1, 0.15) is 6.42 Å². The highest BCUT2D eigenvalue weighted by molar-refractivity contribution is 5.81. The van der Waals surface area contributed by atoms with E-state index in [2.05, 4.69) is 16.5 Å². The Labute approximate surface area is 58.8 Å². The van der Waals surface area contributed by atoms with Crippen LogP contribution in [0.3, 0.4) is 0 Å². The van der Waals surface area contributed by atoms with Crippen molar-refractivity contribution in [1.82, 2.24) is 0 Å². The Morgan fingerprint density at radius 1 is 1.70 bits per heavy atom. The highest BCUT2D eigenvalue weighted by atomic mass is 16.5. The molecule has 0 rings (SSSR count). The number of hydrogen-bond donors (Lipinski definition) is 0. The summed E-state index contributed by atoms with van der Waals surface area (Å²) in [5, 5.41) is 2.59. The molecule has 0 bridgehead atoms. The Morgan fingerprint density at radius 2 is 2.40 bits per heavy atom. The van der Waals surface area contributed by atoms with Crippen molar-refractivity contribution in [3.63, 3.8) is 0 Å². The zero-order valence-electron chi connectivity index (χ0n) is 5.58. The Bertz CT molecular complexity index is 133. The fraction of sp³-hybridized carbons (Fsp3) is 0.500. The van der Waals surface area contributed by atoms with Crippen LogP contribution in [-0.2, 0) is 9.53 Å². The first-order valence-corrected chi connectivity index (χ1v) is 2.89. The van der Waals surface area contributed by atoms with Crippen LogP contribution < -0.4 is 0 Å². The molecule has 0 saturated carbocycles. The predicted molar refractivity (Wildman–Crippen MR) is 36.4 cm³/mol. The van der Waals surface area contributed by atoms with Crippen molar-refractivity contribution in [3.8, 4) is 0 Å². The molecule has 0 aromatic heterocycles. The molecule has 0 aliphatic heterocycles. The van der Waals surface area contributed by atoms with Crippen LogP contribution in [0.5, 0.6) is 0 Å². The molecule has 0 N–H and O–H groups in total. The van der Waals surface area contributed by atoms with E-state index in [9.17, 15) is 9.70 Å². The molecule has 0 radical (unpaired) electrons. The van der Waals surface area contributed by atoms with E-state index in [4.69, 9.17) is 0 Å². The Balaban J connectivity index is 3.11. The van der Waals surface area contributed by atoms with Gasteiger partial charge in [-0.25, -0.2) is 4.79 Å². The summed E-state index contributed by atoms with van der Waals surface area (Å²) in [5.74, 6) is -0.467. The molecule has 0 aromatic carbocycles. The van der Waals surface area contributed by atoms with Gasteiger partial charge >= 0.3 is 5.97 Å². The first kappa shape index (κ1) is 8.81. The molecule has 0 amide bonds. The lowest BCUT2D eigenvalue weighted by Crippen LogP contribution is -2.02. The molecule has 0 saturated heterocycles. The number of hydrogen-bond acceptors (Lipinski definition) is 4. The third kappa shape index (κ3) is 4.96. The van der Waals surface area contributed by atoms with Gasteiger partial charge < -0.3 is 4.74 Å². The first-order chi connectivity index (χ1) is 4.81. The highest BCUT2D eigenvalue weighted by Gasteiger charge is 1.93. The van der Waals surface area contributed by atoms with E-state index in [0.717, 1.165) is 6.08 Å². The van der Waals surface area contributed by atoms with Gasteiger partial charge in [0.1, 0.15) is 0 Å². The average molecular weight is 143 g/mol. The molecular weight excluding hydrogens is 134 g/mol. The minimum Gasteiger partial charge on any atom is -0.462 e. The van der Waals surface area contributed by atoms with Crippen molar-refractivity contribution >= 4 is 5.97 Å². The normalized spacial score (nSPS) is 8.40. The van der Waals surface area contributed by atoms with E-state index >= 15 is 0 Å². The van der Waals surface area contributed by atoms with E-state index < -0.39 is 5.97 Å². The molecule has 0 aliphatic rings. The number of nitrogens with zero attached hydrogens (tertiary/aromatic N) is 1. The third-order valence-corrected chi connectivity index (χ3v) is 0.805. The third-order valence-electron chi connectivity index (χ3n) is 0.805. The standard InChI is InChI=1S/C6H9NO3/c1-2-6(8)10-5-3-4-7-9/h2H,1,3-5H2. The van der Waals surface area contributed by atoms with Gasteiger partial charge in [0.15, 0.2) is 0 Å². The largest absolute Gasteiger partial charge is 0.462 e. The molecule has 0 unspecified atom stereocenters. The molecule has 0 aromatic rings. The molecule has 56 valence electrons. The summed E-state index contributed by atoms with van der Waals surface area (Å²) >= 11 is 0. The summed E-state index contributed by atoms with van der Waals surface area (Å²) in [6.07, 6.45) is 1.55. The van der Waals surface area contributed by atoms with Gasteiger partial charge in [-0.3, -0.25) is 0 Å². The monoisotopic (exact) mass is 143 g/mol. The van der Waals surface area contributed by atoms with Crippen molar-refractivity contribution < 1.29 is 9.53 Å². The maximum Gasteiger partial charge on any atom is 0.330 e. The molecular formula is C6H9NO3. The number of nitroso groups, excluding NO2 is 1. The maximum atomic E-state index is 10.3. The summed E-state index contributed by atoms with van der Waals surface area (Å²) in [6, 6.07) is 0. The van der Waals surface area contributed by atoms with Gasteiger partial charge in [0.05, 0.1) is 13.2 Å². The van der Waals surface area contributed by atoms with Crippen LogP contribution in [0.25, 0.3) is 0 Å². The van der Waals surface area contributed by atoms with Crippen LogP contribution in [0.2, 0.25) is 0 Å². The topological polar surface area (TPSA) is 55.7 Å². The molecule has 4 heteroatoms. The summed E-state index contributed by atoms with van der Waals surface area (Å²) < 4.78 is 4.54. The zero-order valence-corrected chi connectivity index (χ0v) is 5.58. The van der Waals surface area contributed by atoms with Crippen LogP contribution in [0.15, 0.2) is 17.8 Å². The van der Waals surface area contributed by atoms with E-state index in [1.807, 2.05) is 0 Å². The molecule has 0 spiro atoms. The number of rotatable bonds is 5. The SMILES string of the molecule is C=CC(=O)OCCCN=O. The summed E-state index contributed by atoms with van der Waals surface area (Å²) in [6.45, 7) is 3.62. The molecule has 0 heterocycles. The summed E-state index contributed by atoms with van der Waals surface area (Å²) in [7, 11) is 0. The Hall–Kier alpha value is -1.19. The number of carbonyl (C=O) groups is 1. The van der Waals surface area contributed by atoms with E-state index in [0.29, 0.717) is 6.42 Å². The maximum absolute atomic E-state index is 10.3. The van der Waals surface area contributed by atoms with Crippen molar-refractivity contribution in [2.24, 2.45) is 5.18 Å².